The molecule has 0 spiro atoms. The first kappa shape index (κ1) is 25.8. The molecule has 0 aliphatic heterocycles. The molecule has 0 unspecified atom stereocenters. The Kier molecular flexibility index (Phi) is 7.53. The summed E-state index contributed by atoms with van der Waals surface area (Å²) in [5, 5.41) is 11.2. The number of alkyl halides is 3. The monoisotopic (exact) mass is 515 g/mol. The molecule has 2 aromatic heterocycles. The van der Waals surface area contributed by atoms with Crippen LogP contribution in [0.15, 0.2) is 53.1 Å². The lowest BCUT2D eigenvalue weighted by molar-refractivity contribution is -0.274. The Morgan fingerprint density at radius 3 is 2.57 bits per heavy atom. The van der Waals surface area contributed by atoms with Crippen molar-refractivity contribution in [1.29, 1.82) is 0 Å². The highest BCUT2D eigenvalue weighted by Gasteiger charge is 2.31. The summed E-state index contributed by atoms with van der Waals surface area (Å²) in [6.45, 7) is 3.41. The van der Waals surface area contributed by atoms with Crippen molar-refractivity contribution in [2.75, 3.05) is 27.2 Å². The van der Waals surface area contributed by atoms with E-state index in [1.807, 2.05) is 25.1 Å². The fraction of sp³-hybridized carbons (Fsp3) is 0.292. The van der Waals surface area contributed by atoms with Gasteiger partial charge >= 0.3 is 6.36 Å². The summed E-state index contributed by atoms with van der Waals surface area (Å²) in [6.07, 6.45) is -4.77. The number of aromatic nitrogens is 5. The summed E-state index contributed by atoms with van der Waals surface area (Å²) < 4.78 is 47.8. The minimum absolute atomic E-state index is 0.0569. The number of aryl methyl sites for hydroxylation is 1. The minimum atomic E-state index is -4.77. The van der Waals surface area contributed by atoms with Gasteiger partial charge in [0.2, 0.25) is 11.6 Å². The third-order valence-electron chi connectivity index (χ3n) is 5.19. The number of likely N-dealkylation sites (N-methyl/N-ethyl adjacent to an activating group) is 1. The first-order valence-electron chi connectivity index (χ1n) is 11.2. The molecule has 2 aromatic carbocycles. The largest absolute Gasteiger partial charge is 0.573 e. The molecule has 1 N–H and O–H groups in total. The maximum Gasteiger partial charge on any atom is 0.573 e. The van der Waals surface area contributed by atoms with E-state index >= 15 is 0 Å². The van der Waals surface area contributed by atoms with Crippen molar-refractivity contribution < 1.29 is 27.2 Å². The third-order valence-corrected chi connectivity index (χ3v) is 5.19. The van der Waals surface area contributed by atoms with E-state index in [4.69, 9.17) is 4.52 Å². The number of nitrogens with one attached hydrogen (secondary N) is 1. The molecule has 194 valence electrons. The number of hydrogen-bond donors (Lipinski definition) is 1. The maximum absolute atomic E-state index is 12.4. The zero-order chi connectivity index (χ0) is 26.6. The van der Waals surface area contributed by atoms with Crippen LogP contribution < -0.4 is 10.1 Å². The number of carbonyl (C=O) groups excluding carboxylic acids is 1. The van der Waals surface area contributed by atoms with Crippen molar-refractivity contribution in [2.24, 2.45) is 0 Å². The summed E-state index contributed by atoms with van der Waals surface area (Å²) in [4.78, 5) is 23.1. The molecule has 0 fully saturated rings. The van der Waals surface area contributed by atoms with Crippen molar-refractivity contribution in [1.82, 2.24) is 35.1 Å². The maximum atomic E-state index is 12.4. The Morgan fingerprint density at radius 1 is 1.11 bits per heavy atom. The third kappa shape index (κ3) is 6.91. The minimum Gasteiger partial charge on any atom is -0.406 e. The van der Waals surface area contributed by atoms with Crippen LogP contribution in [0.25, 0.3) is 23.1 Å². The standard InChI is InChI=1S/C24H24F3N7O3/c1-15-29-21(23-30-20(32-37-23)17-7-9-19(10-8-17)36-24(25,26)27)31-34(15)14-16-5-4-6-18(13-16)22(35)28-11-12-33(2)3/h4-10,13H,11-12,14H2,1-3H3,(H,28,35). The fourth-order valence-corrected chi connectivity index (χ4v) is 3.38. The average molecular weight is 515 g/mol. The van der Waals surface area contributed by atoms with Crippen LogP contribution >= 0.6 is 0 Å². The lowest BCUT2D eigenvalue weighted by atomic mass is 10.1. The van der Waals surface area contributed by atoms with E-state index in [1.165, 1.54) is 12.1 Å². The Morgan fingerprint density at radius 2 is 1.86 bits per heavy atom. The van der Waals surface area contributed by atoms with E-state index in [0.717, 1.165) is 24.2 Å². The molecule has 0 atom stereocenters. The van der Waals surface area contributed by atoms with E-state index in [9.17, 15) is 18.0 Å². The molecule has 10 nitrogen and oxygen atoms in total. The van der Waals surface area contributed by atoms with Crippen LogP contribution in [0.5, 0.6) is 5.75 Å². The topological polar surface area (TPSA) is 111 Å². The quantitative estimate of drug-likeness (QED) is 0.360. The van der Waals surface area contributed by atoms with Gasteiger partial charge in [0.1, 0.15) is 11.6 Å². The molecular weight excluding hydrogens is 491 g/mol. The van der Waals surface area contributed by atoms with Crippen LogP contribution in [0.4, 0.5) is 13.2 Å². The predicted octanol–water partition coefficient (Wildman–Crippen LogP) is 3.54. The van der Waals surface area contributed by atoms with E-state index in [-0.39, 0.29) is 29.2 Å². The Hall–Kier alpha value is -4.26. The highest BCUT2D eigenvalue weighted by Crippen LogP contribution is 2.26. The Labute approximate surface area is 210 Å². The summed E-state index contributed by atoms with van der Waals surface area (Å²) in [6, 6.07) is 12.3. The van der Waals surface area contributed by atoms with Gasteiger partial charge in [-0.3, -0.25) is 4.79 Å². The van der Waals surface area contributed by atoms with Gasteiger partial charge in [-0.05, 0) is 63.0 Å². The second-order valence-electron chi connectivity index (χ2n) is 8.40. The second kappa shape index (κ2) is 10.8. The van der Waals surface area contributed by atoms with Crippen LogP contribution in [0.3, 0.4) is 0 Å². The molecule has 4 aromatic rings. The summed E-state index contributed by atoms with van der Waals surface area (Å²) in [7, 11) is 3.87. The highest BCUT2D eigenvalue weighted by molar-refractivity contribution is 5.94. The molecule has 0 radical (unpaired) electrons. The molecule has 0 bridgehead atoms. The van der Waals surface area contributed by atoms with Gasteiger partial charge in [0.15, 0.2) is 0 Å². The van der Waals surface area contributed by atoms with Crippen LogP contribution in [-0.4, -0.2) is 69.3 Å². The first-order chi connectivity index (χ1) is 17.6. The van der Waals surface area contributed by atoms with Crippen molar-refractivity contribution in [3.05, 3.63) is 65.5 Å². The van der Waals surface area contributed by atoms with Gasteiger partial charge in [0.25, 0.3) is 11.8 Å². The van der Waals surface area contributed by atoms with Gasteiger partial charge in [0.05, 0.1) is 6.54 Å². The van der Waals surface area contributed by atoms with Crippen LogP contribution in [0.1, 0.15) is 21.7 Å². The van der Waals surface area contributed by atoms with Gasteiger partial charge in [0, 0.05) is 24.2 Å². The smallest absolute Gasteiger partial charge is 0.406 e. The van der Waals surface area contributed by atoms with Crippen LogP contribution in [0.2, 0.25) is 0 Å². The van der Waals surface area contributed by atoms with Crippen LogP contribution in [-0.2, 0) is 6.54 Å². The second-order valence-corrected chi connectivity index (χ2v) is 8.40. The molecule has 1 amide bonds. The summed E-state index contributed by atoms with van der Waals surface area (Å²) in [5.74, 6) is 0.495. The van der Waals surface area contributed by atoms with E-state index in [2.05, 4.69) is 30.3 Å². The number of carbonyl (C=O) groups is 1. The molecule has 37 heavy (non-hydrogen) atoms. The zero-order valence-electron chi connectivity index (χ0n) is 20.3. The Bertz CT molecular complexity index is 1360. The molecule has 0 aliphatic rings. The molecule has 0 aliphatic carbocycles. The number of halogens is 3. The molecule has 0 saturated heterocycles. The number of ether oxygens (including phenoxy) is 1. The Balaban J connectivity index is 1.45. The van der Waals surface area contributed by atoms with Gasteiger partial charge in [-0.1, -0.05) is 17.3 Å². The number of amides is 1. The number of rotatable bonds is 9. The highest BCUT2D eigenvalue weighted by atomic mass is 19.4. The van der Waals surface area contributed by atoms with Gasteiger partial charge < -0.3 is 19.5 Å². The number of hydrogen-bond acceptors (Lipinski definition) is 8. The number of benzene rings is 2. The van der Waals surface area contributed by atoms with E-state index in [1.54, 1.807) is 29.8 Å². The van der Waals surface area contributed by atoms with Crippen molar-refractivity contribution in [3.63, 3.8) is 0 Å². The average Bonchev–Trinajstić information content (AvgIpc) is 3.46. The molecular formula is C24H24F3N7O3. The first-order valence-corrected chi connectivity index (χ1v) is 11.2. The van der Waals surface area contributed by atoms with Crippen molar-refractivity contribution in [2.45, 2.75) is 19.8 Å². The van der Waals surface area contributed by atoms with E-state index in [0.29, 0.717) is 30.0 Å². The van der Waals surface area contributed by atoms with Crippen LogP contribution in [0, 0.1) is 6.92 Å². The van der Waals surface area contributed by atoms with Gasteiger partial charge in [-0.25, -0.2) is 9.67 Å². The summed E-state index contributed by atoms with van der Waals surface area (Å²) in [5.41, 5.74) is 1.83. The van der Waals surface area contributed by atoms with Gasteiger partial charge in [-0.15, -0.1) is 18.3 Å². The van der Waals surface area contributed by atoms with E-state index < -0.39 is 6.36 Å². The summed E-state index contributed by atoms with van der Waals surface area (Å²) >= 11 is 0. The molecule has 4 rings (SSSR count). The predicted molar refractivity (Wildman–Crippen MR) is 127 cm³/mol. The zero-order valence-corrected chi connectivity index (χ0v) is 20.3. The van der Waals surface area contributed by atoms with Crippen molar-refractivity contribution >= 4 is 5.91 Å². The SMILES string of the molecule is Cc1nc(-c2nc(-c3ccc(OC(F)(F)F)cc3)no2)nn1Cc1cccc(C(=O)NCCN(C)C)c1. The van der Waals surface area contributed by atoms with Gasteiger partial charge in [-0.2, -0.15) is 4.98 Å². The molecule has 2 heterocycles. The fourth-order valence-electron chi connectivity index (χ4n) is 3.38. The number of nitrogens with zero attached hydrogens (tertiary/aromatic N) is 6. The normalized spacial score (nSPS) is 11.6. The van der Waals surface area contributed by atoms with Crippen molar-refractivity contribution in [3.8, 4) is 28.9 Å². The molecule has 0 saturated carbocycles. The lowest BCUT2D eigenvalue weighted by Crippen LogP contribution is -2.31. The lowest BCUT2D eigenvalue weighted by Gasteiger charge is -2.11. The molecule has 13 heteroatoms.